The molecule has 13 heavy (non-hydrogen) atoms. The highest BCUT2D eigenvalue weighted by Crippen LogP contribution is 2.12. The van der Waals surface area contributed by atoms with Crippen LogP contribution in [0.5, 0.6) is 0 Å². The Morgan fingerprint density at radius 3 is 2.54 bits per heavy atom. The highest BCUT2D eigenvalue weighted by Gasteiger charge is 1.94. The van der Waals surface area contributed by atoms with Crippen LogP contribution < -0.4 is 0 Å². The molecule has 0 saturated carbocycles. The molecule has 0 aromatic carbocycles. The van der Waals surface area contributed by atoms with Crippen molar-refractivity contribution in [1.82, 2.24) is 0 Å². The van der Waals surface area contributed by atoms with Crippen LogP contribution in [0.4, 0.5) is 0 Å². The number of rotatable bonds is 7. The van der Waals surface area contributed by atoms with Crippen LogP contribution in [-0.4, -0.2) is 0 Å². The van der Waals surface area contributed by atoms with Gasteiger partial charge in [0.15, 0.2) is 0 Å². The van der Waals surface area contributed by atoms with Crippen LogP contribution in [0.2, 0.25) is 0 Å². The topological polar surface area (TPSA) is 0 Å². The maximum absolute atomic E-state index is 3.06. The third kappa shape index (κ3) is 4.61. The average Bonchev–Trinajstić information content (AvgIpc) is 2.63. The number of unbranched alkanes of at least 4 members (excludes halogenated alkanes) is 5. The summed E-state index contributed by atoms with van der Waals surface area (Å²) in [6.45, 7) is 2.25. The summed E-state index contributed by atoms with van der Waals surface area (Å²) in [5.74, 6) is 0. The van der Waals surface area contributed by atoms with Gasteiger partial charge in [0.1, 0.15) is 0 Å². The lowest BCUT2D eigenvalue weighted by molar-refractivity contribution is 0.608. The minimum atomic E-state index is 1.16. The first-order valence-electron chi connectivity index (χ1n) is 5.39. The van der Waals surface area contributed by atoms with Gasteiger partial charge in [-0.3, -0.25) is 0 Å². The van der Waals surface area contributed by atoms with E-state index in [1.165, 1.54) is 44.1 Å². The Kier molecular flexibility index (Phi) is 5.14. The van der Waals surface area contributed by atoms with E-state index in [0.29, 0.717) is 0 Å². The third-order valence-corrected chi connectivity index (χ3v) is 2.34. The van der Waals surface area contributed by atoms with Crippen molar-refractivity contribution in [3.8, 4) is 0 Å². The van der Waals surface area contributed by atoms with Gasteiger partial charge in [-0.25, -0.2) is 0 Å². The molecule has 0 heterocycles. The van der Waals surface area contributed by atoms with Crippen molar-refractivity contribution in [3.05, 3.63) is 28.8 Å². The highest BCUT2D eigenvalue weighted by molar-refractivity contribution is 5.21. The van der Waals surface area contributed by atoms with Gasteiger partial charge in [0, 0.05) is 11.6 Å². The fourth-order valence-corrected chi connectivity index (χ4v) is 1.51. The van der Waals surface area contributed by atoms with Crippen LogP contribution in [-0.2, 0) is 0 Å². The Morgan fingerprint density at radius 2 is 1.85 bits per heavy atom. The fraction of sp³-hybridized carbons (Fsp3) is 0.615. The molecule has 0 heteroatoms. The summed E-state index contributed by atoms with van der Waals surface area (Å²) in [5.41, 5.74) is 10.1. The molecule has 70 valence electrons. The Balaban J connectivity index is 1.91. The van der Waals surface area contributed by atoms with Crippen molar-refractivity contribution >= 4 is 0 Å². The molecular formula is C13H18. The van der Waals surface area contributed by atoms with Gasteiger partial charge in [0.25, 0.3) is 0 Å². The smallest absolute Gasteiger partial charge is 0.0114 e. The number of hydrogen-bond donors (Lipinski definition) is 0. The van der Waals surface area contributed by atoms with Gasteiger partial charge in [0.05, 0.1) is 0 Å². The van der Waals surface area contributed by atoms with Crippen molar-refractivity contribution in [2.24, 2.45) is 0 Å². The van der Waals surface area contributed by atoms with Crippen LogP contribution in [0, 0.1) is 0 Å². The van der Waals surface area contributed by atoms with E-state index in [0.717, 1.165) is 6.42 Å². The molecule has 0 atom stereocenters. The molecule has 0 amide bonds. The Hall–Kier alpha value is -0.920. The Labute approximate surface area is 81.4 Å². The maximum Gasteiger partial charge on any atom is 0.0114 e. The molecule has 0 spiro atoms. The molecule has 0 N–H and O–H groups in total. The van der Waals surface area contributed by atoms with Crippen LogP contribution in [0.3, 0.4) is 0 Å². The van der Waals surface area contributed by atoms with Gasteiger partial charge in [-0.05, 0) is 18.6 Å². The fourth-order valence-electron chi connectivity index (χ4n) is 1.51. The van der Waals surface area contributed by atoms with E-state index in [4.69, 9.17) is 0 Å². The summed E-state index contributed by atoms with van der Waals surface area (Å²) in [6, 6.07) is 0. The predicted octanol–water partition coefficient (Wildman–Crippen LogP) is 4.14. The van der Waals surface area contributed by atoms with Crippen LogP contribution in [0.25, 0.3) is 0 Å². The summed E-state index contributed by atoms with van der Waals surface area (Å²) in [6.07, 6.45) is 11.3. The van der Waals surface area contributed by atoms with Crippen LogP contribution in [0.1, 0.15) is 51.9 Å². The SMILES string of the molecule is CCCCCCCCC1=C=C=C=C1. The molecule has 1 aliphatic rings. The molecule has 1 rings (SSSR count). The molecule has 0 bridgehead atoms. The molecule has 0 saturated heterocycles. The lowest BCUT2D eigenvalue weighted by Crippen LogP contribution is -1.80. The summed E-state index contributed by atoms with van der Waals surface area (Å²) < 4.78 is 0. The molecule has 0 unspecified atom stereocenters. The lowest BCUT2D eigenvalue weighted by Gasteiger charge is -1.99. The van der Waals surface area contributed by atoms with Crippen LogP contribution >= 0.6 is 0 Å². The summed E-state index contributed by atoms with van der Waals surface area (Å²) >= 11 is 0. The van der Waals surface area contributed by atoms with Gasteiger partial charge >= 0.3 is 0 Å². The maximum atomic E-state index is 3.06. The molecule has 0 radical (unpaired) electrons. The Morgan fingerprint density at radius 1 is 1.08 bits per heavy atom. The minimum absolute atomic E-state index is 1.16. The van der Waals surface area contributed by atoms with Crippen molar-refractivity contribution in [3.63, 3.8) is 0 Å². The quantitative estimate of drug-likeness (QED) is 0.402. The standard InChI is InChI=1S/C13H18/c1-2-3-4-5-6-7-10-13-11-8-9-12-13/h11H,2-7,10H2,1H3. The largest absolute Gasteiger partial charge is 0.0654 e. The first kappa shape index (κ1) is 10.2. The van der Waals surface area contributed by atoms with Gasteiger partial charge in [-0.15, -0.1) is 0 Å². The summed E-state index contributed by atoms with van der Waals surface area (Å²) in [7, 11) is 0. The van der Waals surface area contributed by atoms with E-state index in [2.05, 4.69) is 24.1 Å². The van der Waals surface area contributed by atoms with E-state index in [-0.39, 0.29) is 0 Å². The lowest BCUT2D eigenvalue weighted by atomic mass is 10.1. The molecule has 0 aromatic heterocycles. The third-order valence-electron chi connectivity index (χ3n) is 2.34. The zero-order chi connectivity index (χ0) is 9.36. The zero-order valence-corrected chi connectivity index (χ0v) is 8.53. The van der Waals surface area contributed by atoms with Crippen molar-refractivity contribution in [2.45, 2.75) is 51.9 Å². The summed E-state index contributed by atoms with van der Waals surface area (Å²) in [5, 5.41) is 0. The monoisotopic (exact) mass is 174 g/mol. The summed E-state index contributed by atoms with van der Waals surface area (Å²) in [4.78, 5) is 0. The van der Waals surface area contributed by atoms with E-state index in [9.17, 15) is 0 Å². The van der Waals surface area contributed by atoms with Gasteiger partial charge < -0.3 is 0 Å². The number of hydrogen-bond acceptors (Lipinski definition) is 0. The van der Waals surface area contributed by atoms with E-state index in [1.54, 1.807) is 0 Å². The Bertz CT molecular complexity index is 264. The molecule has 0 aliphatic heterocycles. The van der Waals surface area contributed by atoms with Crippen molar-refractivity contribution < 1.29 is 0 Å². The normalized spacial score (nSPS) is 12.5. The van der Waals surface area contributed by atoms with Crippen molar-refractivity contribution in [2.75, 3.05) is 0 Å². The van der Waals surface area contributed by atoms with E-state index in [1.807, 2.05) is 6.08 Å². The molecule has 1 aliphatic carbocycles. The second-order valence-electron chi connectivity index (χ2n) is 3.58. The number of allylic oxidation sites excluding steroid dienone is 2. The van der Waals surface area contributed by atoms with E-state index < -0.39 is 0 Å². The predicted molar refractivity (Wildman–Crippen MR) is 56.6 cm³/mol. The second-order valence-corrected chi connectivity index (χ2v) is 3.58. The van der Waals surface area contributed by atoms with E-state index >= 15 is 0 Å². The first-order valence-corrected chi connectivity index (χ1v) is 5.39. The minimum Gasteiger partial charge on any atom is -0.0654 e. The van der Waals surface area contributed by atoms with Gasteiger partial charge in [0.2, 0.25) is 0 Å². The highest BCUT2D eigenvalue weighted by atomic mass is 14.0. The molecule has 0 aromatic rings. The van der Waals surface area contributed by atoms with Crippen LogP contribution in [0.15, 0.2) is 28.8 Å². The van der Waals surface area contributed by atoms with Gasteiger partial charge in [-0.2, -0.15) is 0 Å². The van der Waals surface area contributed by atoms with Crippen molar-refractivity contribution in [1.29, 1.82) is 0 Å². The van der Waals surface area contributed by atoms with Gasteiger partial charge in [-0.1, -0.05) is 50.5 Å². The first-order chi connectivity index (χ1) is 6.43. The average molecular weight is 174 g/mol. The molecular weight excluding hydrogens is 156 g/mol. The second kappa shape index (κ2) is 6.58. The zero-order valence-electron chi connectivity index (χ0n) is 8.53. The molecule has 0 fully saturated rings. The molecule has 0 nitrogen and oxygen atoms in total.